The van der Waals surface area contributed by atoms with E-state index in [9.17, 15) is 0 Å². The second kappa shape index (κ2) is 4.17. The molecule has 0 N–H and O–H groups in total. The molecule has 0 radical (unpaired) electrons. The van der Waals surface area contributed by atoms with Crippen LogP contribution in [0.15, 0.2) is 18.2 Å². The Bertz CT molecular complexity index is 523. The third-order valence-electron chi connectivity index (χ3n) is 2.19. The first-order chi connectivity index (χ1) is 7.11. The molecule has 0 fully saturated rings. The summed E-state index contributed by atoms with van der Waals surface area (Å²) in [6.07, 6.45) is 0. The first kappa shape index (κ1) is 11.0. The van der Waals surface area contributed by atoms with Gasteiger partial charge in [-0.1, -0.05) is 23.2 Å². The van der Waals surface area contributed by atoms with Crippen molar-refractivity contribution in [3.8, 4) is 0 Å². The number of nitrogens with zero attached hydrogens (tertiary/aromatic N) is 1. The lowest BCUT2D eigenvalue weighted by Gasteiger charge is -2.05. The smallest absolute Gasteiger partial charge is 0.134 e. The first-order valence-corrected chi connectivity index (χ1v) is 5.72. The zero-order valence-corrected chi connectivity index (χ0v) is 10.3. The highest BCUT2D eigenvalue weighted by Crippen LogP contribution is 2.28. The summed E-state index contributed by atoms with van der Waals surface area (Å²) in [5.74, 6) is 0.354. The van der Waals surface area contributed by atoms with Crippen LogP contribution in [0.4, 0.5) is 0 Å². The standard InChI is InChI=1S/C11H8Cl3N/c1-6-2-7-4-8(5-12)11(14)15-10(7)9(13)3-6/h2-4H,5H2,1H3. The fourth-order valence-electron chi connectivity index (χ4n) is 1.50. The molecule has 0 spiro atoms. The molecule has 1 aromatic carbocycles. The van der Waals surface area contributed by atoms with Gasteiger partial charge in [-0.15, -0.1) is 11.6 Å². The van der Waals surface area contributed by atoms with Crippen LogP contribution < -0.4 is 0 Å². The van der Waals surface area contributed by atoms with E-state index in [4.69, 9.17) is 34.8 Å². The lowest BCUT2D eigenvalue weighted by Crippen LogP contribution is -1.89. The van der Waals surface area contributed by atoms with Crippen LogP contribution in [0.5, 0.6) is 0 Å². The van der Waals surface area contributed by atoms with Crippen LogP contribution in [0.25, 0.3) is 10.9 Å². The van der Waals surface area contributed by atoms with Gasteiger partial charge in [0.2, 0.25) is 0 Å². The SMILES string of the molecule is Cc1cc(Cl)c2nc(Cl)c(CCl)cc2c1. The summed E-state index contributed by atoms with van der Waals surface area (Å²) in [5.41, 5.74) is 2.64. The van der Waals surface area contributed by atoms with Crippen molar-refractivity contribution < 1.29 is 0 Å². The molecule has 0 bridgehead atoms. The number of pyridine rings is 1. The number of aromatic nitrogens is 1. The van der Waals surface area contributed by atoms with E-state index in [1.54, 1.807) is 0 Å². The van der Waals surface area contributed by atoms with Gasteiger partial charge in [0.25, 0.3) is 0 Å². The highest BCUT2D eigenvalue weighted by molar-refractivity contribution is 6.36. The summed E-state index contributed by atoms with van der Waals surface area (Å²) < 4.78 is 0. The molecule has 0 aliphatic heterocycles. The van der Waals surface area contributed by atoms with Crippen molar-refractivity contribution >= 4 is 45.7 Å². The highest BCUT2D eigenvalue weighted by atomic mass is 35.5. The predicted molar refractivity (Wildman–Crippen MR) is 66.1 cm³/mol. The summed E-state index contributed by atoms with van der Waals surface area (Å²) >= 11 is 17.8. The Kier molecular flexibility index (Phi) is 3.06. The molecule has 0 aliphatic carbocycles. The average molecular weight is 261 g/mol. The average Bonchev–Trinajstić information content (AvgIpc) is 2.18. The highest BCUT2D eigenvalue weighted by Gasteiger charge is 2.07. The molecule has 15 heavy (non-hydrogen) atoms. The Morgan fingerprint density at radius 2 is 1.93 bits per heavy atom. The number of rotatable bonds is 1. The molecule has 0 amide bonds. The van der Waals surface area contributed by atoms with Gasteiger partial charge in [0.1, 0.15) is 5.15 Å². The molecular weight excluding hydrogens is 252 g/mol. The predicted octanol–water partition coefficient (Wildman–Crippen LogP) is 4.59. The molecule has 2 aromatic rings. The van der Waals surface area contributed by atoms with E-state index >= 15 is 0 Å². The van der Waals surface area contributed by atoms with Crippen molar-refractivity contribution in [1.29, 1.82) is 0 Å². The fourth-order valence-corrected chi connectivity index (χ4v) is 2.30. The molecule has 0 unspecified atom stereocenters. The van der Waals surface area contributed by atoms with E-state index < -0.39 is 0 Å². The molecule has 1 aromatic heterocycles. The van der Waals surface area contributed by atoms with Gasteiger partial charge < -0.3 is 0 Å². The number of fused-ring (bicyclic) bond motifs is 1. The third-order valence-corrected chi connectivity index (χ3v) is 3.09. The molecular formula is C11H8Cl3N. The van der Waals surface area contributed by atoms with Gasteiger partial charge in [-0.25, -0.2) is 4.98 Å². The van der Waals surface area contributed by atoms with Crippen molar-refractivity contribution in [1.82, 2.24) is 4.98 Å². The number of halogens is 3. The summed E-state index contributed by atoms with van der Waals surface area (Å²) in [5, 5.41) is 2.01. The van der Waals surface area contributed by atoms with E-state index in [-0.39, 0.29) is 0 Å². The van der Waals surface area contributed by atoms with Gasteiger partial charge in [0, 0.05) is 10.9 Å². The minimum absolute atomic E-state index is 0.354. The van der Waals surface area contributed by atoms with Crippen molar-refractivity contribution in [2.24, 2.45) is 0 Å². The van der Waals surface area contributed by atoms with Crippen molar-refractivity contribution in [2.75, 3.05) is 0 Å². The molecule has 0 aliphatic rings. The molecule has 78 valence electrons. The molecule has 0 saturated heterocycles. The Balaban J connectivity index is 2.81. The largest absolute Gasteiger partial charge is 0.234 e. The zero-order chi connectivity index (χ0) is 11.0. The van der Waals surface area contributed by atoms with Crippen LogP contribution >= 0.6 is 34.8 Å². The Morgan fingerprint density at radius 1 is 1.20 bits per heavy atom. The van der Waals surface area contributed by atoms with Crippen LogP contribution in [0.2, 0.25) is 10.2 Å². The van der Waals surface area contributed by atoms with Gasteiger partial charge in [-0.2, -0.15) is 0 Å². The monoisotopic (exact) mass is 259 g/mol. The topological polar surface area (TPSA) is 12.9 Å². The molecule has 2 rings (SSSR count). The second-order valence-electron chi connectivity index (χ2n) is 3.39. The lowest BCUT2D eigenvalue weighted by molar-refractivity contribution is 1.30. The maximum atomic E-state index is 6.08. The number of benzene rings is 1. The molecule has 0 atom stereocenters. The van der Waals surface area contributed by atoms with Crippen LogP contribution in [0.1, 0.15) is 11.1 Å². The summed E-state index contributed by atoms with van der Waals surface area (Å²) in [6, 6.07) is 5.81. The van der Waals surface area contributed by atoms with Gasteiger partial charge in [-0.3, -0.25) is 0 Å². The second-order valence-corrected chi connectivity index (χ2v) is 4.42. The minimum Gasteiger partial charge on any atom is -0.234 e. The van der Waals surface area contributed by atoms with E-state index in [1.807, 2.05) is 25.1 Å². The zero-order valence-electron chi connectivity index (χ0n) is 8.02. The minimum atomic E-state index is 0.354. The maximum absolute atomic E-state index is 6.08. The molecule has 1 nitrogen and oxygen atoms in total. The number of hydrogen-bond acceptors (Lipinski definition) is 1. The fraction of sp³-hybridized carbons (Fsp3) is 0.182. The van der Waals surface area contributed by atoms with Gasteiger partial charge in [0.15, 0.2) is 0 Å². The number of hydrogen-bond donors (Lipinski definition) is 0. The third kappa shape index (κ3) is 2.05. The van der Waals surface area contributed by atoms with Crippen LogP contribution in [-0.4, -0.2) is 4.98 Å². The van der Waals surface area contributed by atoms with Crippen molar-refractivity contribution in [3.63, 3.8) is 0 Å². The molecule has 4 heteroatoms. The normalized spacial score (nSPS) is 10.9. The quantitative estimate of drug-likeness (QED) is 0.540. The van der Waals surface area contributed by atoms with Gasteiger partial charge in [0.05, 0.1) is 16.4 Å². The Morgan fingerprint density at radius 3 is 2.60 bits per heavy atom. The lowest BCUT2D eigenvalue weighted by atomic mass is 10.1. The van der Waals surface area contributed by atoms with E-state index in [2.05, 4.69) is 4.98 Å². The van der Waals surface area contributed by atoms with Gasteiger partial charge in [-0.05, 0) is 30.7 Å². The maximum Gasteiger partial charge on any atom is 0.134 e. The van der Waals surface area contributed by atoms with E-state index in [0.717, 1.165) is 22.0 Å². The molecule has 1 heterocycles. The van der Waals surface area contributed by atoms with Gasteiger partial charge >= 0.3 is 0 Å². The molecule has 0 saturated carbocycles. The Labute approximate surface area is 103 Å². The summed E-state index contributed by atoms with van der Waals surface area (Å²) in [6.45, 7) is 1.99. The van der Waals surface area contributed by atoms with Crippen LogP contribution in [0.3, 0.4) is 0 Å². The summed E-state index contributed by atoms with van der Waals surface area (Å²) in [7, 11) is 0. The van der Waals surface area contributed by atoms with Crippen molar-refractivity contribution in [3.05, 3.63) is 39.5 Å². The first-order valence-electron chi connectivity index (χ1n) is 4.43. The Hall–Kier alpha value is -0.500. The number of aryl methyl sites for hydroxylation is 1. The van der Waals surface area contributed by atoms with Crippen LogP contribution in [0, 0.1) is 6.92 Å². The number of alkyl halides is 1. The van der Waals surface area contributed by atoms with Crippen molar-refractivity contribution in [2.45, 2.75) is 12.8 Å². The summed E-state index contributed by atoms with van der Waals surface area (Å²) in [4.78, 5) is 4.24. The van der Waals surface area contributed by atoms with E-state index in [1.165, 1.54) is 0 Å². The van der Waals surface area contributed by atoms with Crippen LogP contribution in [-0.2, 0) is 5.88 Å². The van der Waals surface area contributed by atoms with E-state index in [0.29, 0.717) is 16.1 Å².